The van der Waals surface area contributed by atoms with E-state index >= 15 is 0 Å². The number of hydrogen-bond donors (Lipinski definition) is 0. The highest BCUT2D eigenvalue weighted by molar-refractivity contribution is 6.34. The van der Waals surface area contributed by atoms with Crippen molar-refractivity contribution in [3.63, 3.8) is 0 Å². The highest BCUT2D eigenvalue weighted by Gasteiger charge is 2.35. The molecule has 34 heavy (non-hydrogen) atoms. The van der Waals surface area contributed by atoms with Crippen molar-refractivity contribution in [2.75, 3.05) is 19.6 Å². The van der Waals surface area contributed by atoms with Gasteiger partial charge in [-0.2, -0.15) is 5.10 Å². The zero-order valence-electron chi connectivity index (χ0n) is 19.6. The predicted molar refractivity (Wildman–Crippen MR) is 137 cm³/mol. The summed E-state index contributed by atoms with van der Waals surface area (Å²) in [5.41, 5.74) is 4.26. The van der Waals surface area contributed by atoms with Gasteiger partial charge in [-0.3, -0.25) is 9.69 Å². The summed E-state index contributed by atoms with van der Waals surface area (Å²) in [6.07, 6.45) is 6.04. The molecule has 5 rings (SSSR count). The number of aryl methyl sites for hydroxylation is 1. The standard InChI is InChI=1S/C28H31ClN4O/c1-31-15-7-12-26(31)27-19-25(23-10-5-6-11-24(23)29)30-33(27)28(34)20-32-16-13-22(14-17-32)18-21-8-3-2-4-9-21/h2-12,15,22,27H,13-14,16-20H2,1H3. The Balaban J connectivity index is 1.27. The van der Waals surface area contributed by atoms with Crippen molar-refractivity contribution in [1.82, 2.24) is 14.5 Å². The Hall–Kier alpha value is -2.89. The fourth-order valence-electron chi connectivity index (χ4n) is 5.21. The number of nitrogens with zero attached hydrogens (tertiary/aromatic N) is 4. The summed E-state index contributed by atoms with van der Waals surface area (Å²) < 4.78 is 2.07. The van der Waals surface area contributed by atoms with E-state index < -0.39 is 0 Å². The number of piperidine rings is 1. The molecular formula is C28H31ClN4O. The van der Waals surface area contributed by atoms with Crippen molar-refractivity contribution < 1.29 is 4.79 Å². The Bertz CT molecular complexity index is 1160. The maximum atomic E-state index is 13.5. The summed E-state index contributed by atoms with van der Waals surface area (Å²) in [7, 11) is 2.02. The lowest BCUT2D eigenvalue weighted by Gasteiger charge is -2.33. The van der Waals surface area contributed by atoms with Crippen molar-refractivity contribution in [3.8, 4) is 0 Å². The van der Waals surface area contributed by atoms with E-state index in [1.165, 1.54) is 5.56 Å². The van der Waals surface area contributed by atoms with Crippen LogP contribution < -0.4 is 0 Å². The predicted octanol–water partition coefficient (Wildman–Crippen LogP) is 5.31. The van der Waals surface area contributed by atoms with Gasteiger partial charge in [0.05, 0.1) is 12.3 Å². The maximum Gasteiger partial charge on any atom is 0.257 e. The molecule has 2 aliphatic heterocycles. The van der Waals surface area contributed by atoms with Gasteiger partial charge < -0.3 is 4.57 Å². The minimum Gasteiger partial charge on any atom is -0.353 e. The summed E-state index contributed by atoms with van der Waals surface area (Å²) in [4.78, 5) is 15.8. The second-order valence-corrected chi connectivity index (χ2v) is 9.85. The zero-order chi connectivity index (χ0) is 23.5. The van der Waals surface area contributed by atoms with Gasteiger partial charge in [-0.05, 0) is 62.0 Å². The zero-order valence-corrected chi connectivity index (χ0v) is 20.4. The van der Waals surface area contributed by atoms with Crippen LogP contribution in [0, 0.1) is 5.92 Å². The summed E-state index contributed by atoms with van der Waals surface area (Å²) in [5, 5.41) is 7.18. The number of halogens is 1. The van der Waals surface area contributed by atoms with Crippen LogP contribution in [0.5, 0.6) is 0 Å². The topological polar surface area (TPSA) is 40.8 Å². The molecule has 1 unspecified atom stereocenters. The Morgan fingerprint density at radius 3 is 2.44 bits per heavy atom. The molecular weight excluding hydrogens is 444 g/mol. The molecule has 1 atom stereocenters. The van der Waals surface area contributed by atoms with Crippen LogP contribution >= 0.6 is 11.6 Å². The van der Waals surface area contributed by atoms with E-state index in [1.807, 2.05) is 43.6 Å². The average Bonchev–Trinajstić information content (AvgIpc) is 3.47. The minimum absolute atomic E-state index is 0.0507. The minimum atomic E-state index is -0.116. The van der Waals surface area contributed by atoms with Crippen LogP contribution in [0.3, 0.4) is 0 Å². The van der Waals surface area contributed by atoms with Crippen molar-refractivity contribution in [1.29, 1.82) is 0 Å². The molecule has 1 saturated heterocycles. The van der Waals surface area contributed by atoms with E-state index in [0.717, 1.165) is 49.3 Å². The average molecular weight is 475 g/mol. The molecule has 0 saturated carbocycles. The number of likely N-dealkylation sites (tertiary alicyclic amines) is 1. The van der Waals surface area contributed by atoms with E-state index in [2.05, 4.69) is 45.9 Å². The quantitative estimate of drug-likeness (QED) is 0.485. The highest BCUT2D eigenvalue weighted by Crippen LogP contribution is 2.34. The number of carbonyl (C=O) groups is 1. The molecule has 1 amide bonds. The third kappa shape index (κ3) is 4.96. The molecule has 3 aromatic rings. The molecule has 0 radical (unpaired) electrons. The smallest absolute Gasteiger partial charge is 0.257 e. The van der Waals surface area contributed by atoms with Gasteiger partial charge in [-0.1, -0.05) is 60.1 Å². The first-order valence-corrected chi connectivity index (χ1v) is 12.5. The van der Waals surface area contributed by atoms with Gasteiger partial charge in [0.2, 0.25) is 0 Å². The highest BCUT2D eigenvalue weighted by atomic mass is 35.5. The Labute approximate surface area is 206 Å². The molecule has 0 N–H and O–H groups in total. The number of hydrazone groups is 1. The molecule has 2 aromatic carbocycles. The number of amides is 1. The van der Waals surface area contributed by atoms with Gasteiger partial charge in [0.1, 0.15) is 6.04 Å². The lowest BCUT2D eigenvalue weighted by Crippen LogP contribution is -2.42. The fraction of sp³-hybridized carbons (Fsp3) is 0.357. The summed E-state index contributed by atoms with van der Waals surface area (Å²) in [5.74, 6) is 0.733. The Kier molecular flexibility index (Phi) is 6.84. The molecule has 0 bridgehead atoms. The molecule has 3 heterocycles. The van der Waals surface area contributed by atoms with E-state index in [9.17, 15) is 4.79 Å². The van der Waals surface area contributed by atoms with Gasteiger partial charge in [-0.15, -0.1) is 0 Å². The fourth-order valence-corrected chi connectivity index (χ4v) is 5.45. The number of carbonyl (C=O) groups excluding carboxylic acids is 1. The molecule has 1 fully saturated rings. The van der Waals surface area contributed by atoms with Gasteiger partial charge in [0.25, 0.3) is 5.91 Å². The number of rotatable bonds is 6. The number of aromatic nitrogens is 1. The first-order valence-electron chi connectivity index (χ1n) is 12.1. The maximum absolute atomic E-state index is 13.5. The summed E-state index contributed by atoms with van der Waals surface area (Å²) in [6.45, 7) is 2.30. The monoisotopic (exact) mass is 474 g/mol. The normalized spacial score (nSPS) is 19.4. The number of benzene rings is 2. The van der Waals surface area contributed by atoms with E-state index in [0.29, 0.717) is 23.9 Å². The SMILES string of the molecule is Cn1cccc1C1CC(c2ccccc2Cl)=NN1C(=O)CN1CCC(Cc2ccccc2)CC1. The molecule has 2 aliphatic rings. The third-order valence-corrected chi connectivity index (χ3v) is 7.44. The van der Waals surface area contributed by atoms with Gasteiger partial charge >= 0.3 is 0 Å². The summed E-state index contributed by atoms with van der Waals surface area (Å²) >= 11 is 6.47. The summed E-state index contributed by atoms with van der Waals surface area (Å²) in [6, 6.07) is 22.4. The van der Waals surface area contributed by atoms with Crippen LogP contribution in [0.4, 0.5) is 0 Å². The van der Waals surface area contributed by atoms with Gasteiger partial charge in [-0.25, -0.2) is 5.01 Å². The second-order valence-electron chi connectivity index (χ2n) is 9.44. The lowest BCUT2D eigenvalue weighted by molar-refractivity contribution is -0.134. The number of hydrogen-bond acceptors (Lipinski definition) is 3. The molecule has 0 spiro atoms. The van der Waals surface area contributed by atoms with Crippen LogP contribution in [0.2, 0.25) is 5.02 Å². The van der Waals surface area contributed by atoms with Gasteiger partial charge in [0.15, 0.2) is 0 Å². The molecule has 1 aromatic heterocycles. The Morgan fingerprint density at radius 2 is 1.74 bits per heavy atom. The van der Waals surface area contributed by atoms with E-state index in [1.54, 1.807) is 5.01 Å². The van der Waals surface area contributed by atoms with Crippen LogP contribution in [-0.2, 0) is 18.3 Å². The van der Waals surface area contributed by atoms with Crippen LogP contribution in [0.15, 0.2) is 78.0 Å². The largest absolute Gasteiger partial charge is 0.353 e. The van der Waals surface area contributed by atoms with Crippen LogP contribution in [0.25, 0.3) is 0 Å². The van der Waals surface area contributed by atoms with Crippen LogP contribution in [-0.4, -0.2) is 45.7 Å². The van der Waals surface area contributed by atoms with Crippen molar-refractivity contribution in [3.05, 3.63) is 94.8 Å². The first-order chi connectivity index (χ1) is 16.6. The van der Waals surface area contributed by atoms with E-state index in [-0.39, 0.29) is 11.9 Å². The third-order valence-electron chi connectivity index (χ3n) is 7.11. The molecule has 5 nitrogen and oxygen atoms in total. The lowest BCUT2D eigenvalue weighted by atomic mass is 9.90. The van der Waals surface area contributed by atoms with E-state index in [4.69, 9.17) is 16.7 Å². The van der Waals surface area contributed by atoms with Crippen molar-refractivity contribution >= 4 is 23.2 Å². The Morgan fingerprint density at radius 1 is 1.00 bits per heavy atom. The molecule has 176 valence electrons. The molecule has 6 heteroatoms. The van der Waals surface area contributed by atoms with Crippen LogP contribution in [0.1, 0.15) is 42.1 Å². The molecule has 0 aliphatic carbocycles. The first kappa shape index (κ1) is 22.9. The van der Waals surface area contributed by atoms with Crippen molar-refractivity contribution in [2.24, 2.45) is 18.1 Å². The van der Waals surface area contributed by atoms with Crippen molar-refractivity contribution in [2.45, 2.75) is 31.7 Å². The second kappa shape index (κ2) is 10.2. The van der Waals surface area contributed by atoms with Gasteiger partial charge in [0, 0.05) is 35.9 Å².